The minimum Gasteiger partial charge on any atom is -0.373 e. The zero-order valence-corrected chi connectivity index (χ0v) is 9.88. The van der Waals surface area contributed by atoms with Gasteiger partial charge in [0.2, 0.25) is 0 Å². The monoisotopic (exact) mass is 233 g/mol. The molecule has 0 saturated heterocycles. The van der Waals surface area contributed by atoms with Crippen LogP contribution >= 0.6 is 0 Å². The molecule has 0 aliphatic carbocycles. The lowest BCUT2D eigenvalue weighted by Gasteiger charge is -2.08. The second kappa shape index (κ2) is 5.24. The number of hydrogen-bond donors (Lipinski definition) is 2. The molecule has 2 heterocycles. The molecule has 0 bridgehead atoms. The minimum atomic E-state index is 0.736. The third-order valence-corrected chi connectivity index (χ3v) is 2.21. The predicted molar refractivity (Wildman–Crippen MR) is 64.8 cm³/mol. The Balaban J connectivity index is 1.92. The van der Waals surface area contributed by atoms with Gasteiger partial charge in [-0.25, -0.2) is 9.97 Å². The molecule has 90 valence electrons. The Hall–Kier alpha value is -2.18. The second-order valence-electron chi connectivity index (χ2n) is 3.53. The number of aryl methyl sites for hydroxylation is 1. The van der Waals surface area contributed by atoms with Crippen molar-refractivity contribution in [2.45, 2.75) is 13.5 Å². The third-order valence-electron chi connectivity index (χ3n) is 2.21. The van der Waals surface area contributed by atoms with Crippen molar-refractivity contribution in [1.82, 2.24) is 25.0 Å². The SMILES string of the molecule is CNc1cc(NCCn2ccnn2)nc(C)n1. The smallest absolute Gasteiger partial charge is 0.131 e. The summed E-state index contributed by atoms with van der Waals surface area (Å²) in [5, 5.41) is 13.8. The molecule has 2 aromatic heterocycles. The highest BCUT2D eigenvalue weighted by atomic mass is 15.4. The van der Waals surface area contributed by atoms with E-state index in [9.17, 15) is 0 Å². The Bertz CT molecular complexity index is 466. The van der Waals surface area contributed by atoms with Crippen LogP contribution in [0.15, 0.2) is 18.5 Å². The maximum atomic E-state index is 4.29. The summed E-state index contributed by atoms with van der Waals surface area (Å²) in [4.78, 5) is 8.51. The van der Waals surface area contributed by atoms with Crippen LogP contribution in [0.3, 0.4) is 0 Å². The maximum absolute atomic E-state index is 4.29. The van der Waals surface area contributed by atoms with Crippen molar-refractivity contribution in [3.05, 3.63) is 24.3 Å². The Morgan fingerprint density at radius 2 is 2.12 bits per heavy atom. The van der Waals surface area contributed by atoms with E-state index in [0.717, 1.165) is 30.5 Å². The molecule has 2 N–H and O–H groups in total. The van der Waals surface area contributed by atoms with Gasteiger partial charge >= 0.3 is 0 Å². The Morgan fingerprint density at radius 3 is 2.82 bits per heavy atom. The zero-order chi connectivity index (χ0) is 12.1. The van der Waals surface area contributed by atoms with Crippen LogP contribution in [0, 0.1) is 6.92 Å². The average Bonchev–Trinajstić information content (AvgIpc) is 2.81. The molecule has 0 atom stereocenters. The summed E-state index contributed by atoms with van der Waals surface area (Å²) in [5.74, 6) is 2.35. The van der Waals surface area contributed by atoms with Crippen LogP contribution in [0.25, 0.3) is 0 Å². The molecule has 7 nitrogen and oxygen atoms in total. The lowest BCUT2D eigenvalue weighted by atomic mass is 10.4. The molecule has 0 aliphatic rings. The van der Waals surface area contributed by atoms with Crippen LogP contribution < -0.4 is 10.6 Å². The van der Waals surface area contributed by atoms with E-state index in [1.54, 1.807) is 10.9 Å². The van der Waals surface area contributed by atoms with E-state index in [0.29, 0.717) is 0 Å². The normalized spacial score (nSPS) is 10.2. The first kappa shape index (κ1) is 11.3. The van der Waals surface area contributed by atoms with E-state index in [4.69, 9.17) is 0 Å². The third kappa shape index (κ3) is 3.13. The molecule has 7 heteroatoms. The van der Waals surface area contributed by atoms with E-state index in [1.165, 1.54) is 0 Å². The number of nitrogens with zero attached hydrogens (tertiary/aromatic N) is 5. The lowest BCUT2D eigenvalue weighted by Crippen LogP contribution is -2.12. The van der Waals surface area contributed by atoms with E-state index in [1.807, 2.05) is 26.2 Å². The van der Waals surface area contributed by atoms with Crippen LogP contribution in [-0.4, -0.2) is 38.6 Å². The molecule has 0 fully saturated rings. The number of hydrogen-bond acceptors (Lipinski definition) is 6. The molecule has 0 unspecified atom stereocenters. The van der Waals surface area contributed by atoms with Gasteiger partial charge in [-0.2, -0.15) is 0 Å². The van der Waals surface area contributed by atoms with Gasteiger partial charge in [0.05, 0.1) is 12.7 Å². The Kier molecular flexibility index (Phi) is 3.49. The van der Waals surface area contributed by atoms with Crippen LogP contribution in [0.5, 0.6) is 0 Å². The highest BCUT2D eigenvalue weighted by Crippen LogP contribution is 2.09. The van der Waals surface area contributed by atoms with Gasteiger partial charge in [-0.05, 0) is 6.92 Å². The van der Waals surface area contributed by atoms with Gasteiger partial charge in [0.15, 0.2) is 0 Å². The van der Waals surface area contributed by atoms with Crippen LogP contribution in [0.1, 0.15) is 5.82 Å². The quantitative estimate of drug-likeness (QED) is 0.784. The van der Waals surface area contributed by atoms with Gasteiger partial charge in [-0.1, -0.05) is 5.21 Å². The molecule has 17 heavy (non-hydrogen) atoms. The first-order valence-electron chi connectivity index (χ1n) is 5.39. The van der Waals surface area contributed by atoms with E-state index >= 15 is 0 Å². The fourth-order valence-corrected chi connectivity index (χ4v) is 1.44. The Morgan fingerprint density at radius 1 is 1.29 bits per heavy atom. The number of aromatic nitrogens is 5. The topological polar surface area (TPSA) is 80.5 Å². The van der Waals surface area contributed by atoms with Gasteiger partial charge in [-0.3, -0.25) is 4.68 Å². The number of nitrogens with one attached hydrogen (secondary N) is 2. The average molecular weight is 233 g/mol. The summed E-state index contributed by atoms with van der Waals surface area (Å²) >= 11 is 0. The highest BCUT2D eigenvalue weighted by molar-refractivity contribution is 5.46. The molecule has 0 radical (unpaired) electrons. The largest absolute Gasteiger partial charge is 0.373 e. The lowest BCUT2D eigenvalue weighted by molar-refractivity contribution is 0.608. The minimum absolute atomic E-state index is 0.736. The van der Waals surface area contributed by atoms with Gasteiger partial charge in [-0.15, -0.1) is 5.10 Å². The molecule has 0 aliphatic heterocycles. The molecule has 2 aromatic rings. The maximum Gasteiger partial charge on any atom is 0.131 e. The van der Waals surface area contributed by atoms with Crippen molar-refractivity contribution >= 4 is 11.6 Å². The van der Waals surface area contributed by atoms with Gasteiger partial charge in [0.1, 0.15) is 17.5 Å². The van der Waals surface area contributed by atoms with Gasteiger partial charge in [0, 0.05) is 25.9 Å². The Labute approximate surface area is 99.3 Å². The number of rotatable bonds is 5. The summed E-state index contributed by atoms with van der Waals surface area (Å²) < 4.78 is 1.76. The van der Waals surface area contributed by atoms with Gasteiger partial charge < -0.3 is 10.6 Å². The fourth-order valence-electron chi connectivity index (χ4n) is 1.44. The second-order valence-corrected chi connectivity index (χ2v) is 3.53. The summed E-state index contributed by atoms with van der Waals surface area (Å²) in [5.41, 5.74) is 0. The van der Waals surface area contributed by atoms with E-state index < -0.39 is 0 Å². The molecule has 2 rings (SSSR count). The first-order chi connectivity index (χ1) is 8.28. The van der Waals surface area contributed by atoms with E-state index in [2.05, 4.69) is 30.9 Å². The van der Waals surface area contributed by atoms with Crippen LogP contribution in [-0.2, 0) is 6.54 Å². The fraction of sp³-hybridized carbons (Fsp3) is 0.400. The van der Waals surface area contributed by atoms with Crippen LogP contribution in [0.4, 0.5) is 11.6 Å². The summed E-state index contributed by atoms with van der Waals surface area (Å²) in [6.07, 6.45) is 3.49. The molecule has 0 amide bonds. The first-order valence-corrected chi connectivity index (χ1v) is 5.39. The van der Waals surface area contributed by atoms with Crippen molar-refractivity contribution in [3.8, 4) is 0 Å². The molecule has 0 spiro atoms. The predicted octanol–water partition coefficient (Wildman–Crippen LogP) is 0.530. The summed E-state index contributed by atoms with van der Waals surface area (Å²) in [7, 11) is 1.83. The van der Waals surface area contributed by atoms with Crippen molar-refractivity contribution in [1.29, 1.82) is 0 Å². The number of anilines is 2. The summed E-state index contributed by atoms with van der Waals surface area (Å²) in [6.45, 7) is 3.35. The van der Waals surface area contributed by atoms with Crippen molar-refractivity contribution in [2.75, 3.05) is 24.2 Å². The van der Waals surface area contributed by atoms with E-state index in [-0.39, 0.29) is 0 Å². The van der Waals surface area contributed by atoms with Gasteiger partial charge in [0.25, 0.3) is 0 Å². The standard InChI is InChI=1S/C10H15N7/c1-8-14-9(11-2)7-10(15-8)12-3-5-17-6-4-13-16-17/h4,6-7H,3,5H2,1-2H3,(H2,11,12,14,15). The molecule has 0 aromatic carbocycles. The van der Waals surface area contributed by atoms with Crippen molar-refractivity contribution in [2.24, 2.45) is 0 Å². The molecule has 0 saturated carbocycles. The zero-order valence-electron chi connectivity index (χ0n) is 9.88. The highest BCUT2D eigenvalue weighted by Gasteiger charge is 2.00. The molecular weight excluding hydrogens is 218 g/mol. The van der Waals surface area contributed by atoms with Crippen LogP contribution in [0.2, 0.25) is 0 Å². The van der Waals surface area contributed by atoms with Crippen molar-refractivity contribution < 1.29 is 0 Å². The summed E-state index contributed by atoms with van der Waals surface area (Å²) in [6, 6.07) is 1.87. The molecular formula is C10H15N7. The van der Waals surface area contributed by atoms with Crippen molar-refractivity contribution in [3.63, 3.8) is 0 Å².